The summed E-state index contributed by atoms with van der Waals surface area (Å²) < 4.78 is 0. The molecule has 0 fully saturated rings. The summed E-state index contributed by atoms with van der Waals surface area (Å²) in [4.78, 5) is 0. The molecule has 2 nitrogen and oxygen atoms in total. The highest BCUT2D eigenvalue weighted by Gasteiger charge is 2.18. The lowest BCUT2D eigenvalue weighted by atomic mass is 9.87. The van der Waals surface area contributed by atoms with Gasteiger partial charge in [0, 0.05) is 6.04 Å². The van der Waals surface area contributed by atoms with Crippen LogP contribution in [0.25, 0.3) is 0 Å². The lowest BCUT2D eigenvalue weighted by molar-refractivity contribution is 0.281. The van der Waals surface area contributed by atoms with Gasteiger partial charge in [-0.25, -0.2) is 0 Å². The van der Waals surface area contributed by atoms with Crippen molar-refractivity contribution in [1.82, 2.24) is 5.43 Å². The van der Waals surface area contributed by atoms with E-state index in [9.17, 15) is 0 Å². The predicted molar refractivity (Wildman–Crippen MR) is 91.6 cm³/mol. The van der Waals surface area contributed by atoms with Gasteiger partial charge in [-0.3, -0.25) is 11.3 Å². The Balaban J connectivity index is 3.38. The molecule has 0 amide bonds. The summed E-state index contributed by atoms with van der Waals surface area (Å²) in [6.45, 7) is 9.16. The van der Waals surface area contributed by atoms with Gasteiger partial charge >= 0.3 is 0 Å². The molecule has 2 heteroatoms. The van der Waals surface area contributed by atoms with Crippen molar-refractivity contribution < 1.29 is 0 Å². The average Bonchev–Trinajstić information content (AvgIpc) is 2.44. The molecule has 0 aromatic heterocycles. The molecule has 0 aliphatic heterocycles. The Morgan fingerprint density at radius 3 is 1.60 bits per heavy atom. The first kappa shape index (κ1) is 19.9. The molecular weight excluding hydrogens is 244 g/mol. The highest BCUT2D eigenvalue weighted by molar-refractivity contribution is 4.73. The third-order valence-corrected chi connectivity index (χ3v) is 4.77. The van der Waals surface area contributed by atoms with Gasteiger partial charge in [0.15, 0.2) is 0 Å². The van der Waals surface area contributed by atoms with Crippen LogP contribution in [-0.2, 0) is 0 Å². The van der Waals surface area contributed by atoms with Gasteiger partial charge in [-0.15, -0.1) is 0 Å². The molecule has 0 aromatic rings. The molecule has 2 unspecified atom stereocenters. The number of hydrogen-bond donors (Lipinski definition) is 2. The minimum atomic E-state index is 0.490. The van der Waals surface area contributed by atoms with Gasteiger partial charge in [0.25, 0.3) is 0 Å². The first-order valence-electron chi connectivity index (χ1n) is 9.09. The van der Waals surface area contributed by atoms with E-state index in [1.165, 1.54) is 70.6 Å². The molecule has 0 heterocycles. The van der Waals surface area contributed by atoms with Crippen molar-refractivity contribution in [1.29, 1.82) is 0 Å². The van der Waals surface area contributed by atoms with E-state index in [0.717, 1.165) is 0 Å². The summed E-state index contributed by atoms with van der Waals surface area (Å²) in [5, 5.41) is 0. The summed E-state index contributed by atoms with van der Waals surface area (Å²) in [6.07, 6.45) is 15.3. The number of nitrogens with two attached hydrogens (primary N) is 1. The van der Waals surface area contributed by atoms with Gasteiger partial charge < -0.3 is 0 Å². The molecule has 20 heavy (non-hydrogen) atoms. The molecule has 0 aromatic carbocycles. The smallest absolute Gasteiger partial charge is 0.0238 e. The minimum absolute atomic E-state index is 0.490. The minimum Gasteiger partial charge on any atom is -0.271 e. The summed E-state index contributed by atoms with van der Waals surface area (Å²) in [6, 6.07) is 0.490. The molecule has 3 N–H and O–H groups in total. The Hall–Kier alpha value is -0.0800. The average molecular weight is 285 g/mol. The van der Waals surface area contributed by atoms with Gasteiger partial charge in [0.05, 0.1) is 0 Å². The number of nitrogens with one attached hydrogen (secondary N) is 1. The number of unbranched alkanes of at least 4 members (excludes halogenated alkanes) is 9. The second kappa shape index (κ2) is 13.9. The van der Waals surface area contributed by atoms with Gasteiger partial charge in [-0.2, -0.15) is 0 Å². The standard InChI is InChI=1S/C18H40N2/c1-5-6-7-8-9-10-11-12-13-14-15-18(20-19)17(4)16(2)3/h16-18,20H,5-15,19H2,1-4H3. The maximum absolute atomic E-state index is 5.68. The van der Waals surface area contributed by atoms with Gasteiger partial charge in [-0.1, -0.05) is 91.9 Å². The van der Waals surface area contributed by atoms with Crippen LogP contribution in [0.1, 0.15) is 98.3 Å². The Kier molecular flexibility index (Phi) is 13.8. The summed E-state index contributed by atoms with van der Waals surface area (Å²) in [5.74, 6) is 7.05. The first-order valence-corrected chi connectivity index (χ1v) is 9.09. The Labute approximate surface area is 128 Å². The van der Waals surface area contributed by atoms with Crippen LogP contribution in [0.2, 0.25) is 0 Å². The third-order valence-electron chi connectivity index (χ3n) is 4.77. The highest BCUT2D eigenvalue weighted by atomic mass is 15.2. The first-order chi connectivity index (χ1) is 9.63. The Bertz CT molecular complexity index is 192. The highest BCUT2D eigenvalue weighted by Crippen LogP contribution is 2.19. The zero-order valence-electron chi connectivity index (χ0n) is 14.6. The Morgan fingerprint density at radius 1 is 0.750 bits per heavy atom. The van der Waals surface area contributed by atoms with E-state index in [4.69, 9.17) is 5.84 Å². The molecule has 0 radical (unpaired) electrons. The Morgan fingerprint density at radius 2 is 1.20 bits per heavy atom. The topological polar surface area (TPSA) is 38.0 Å². The van der Waals surface area contributed by atoms with E-state index < -0.39 is 0 Å². The van der Waals surface area contributed by atoms with E-state index in [0.29, 0.717) is 17.9 Å². The molecule has 2 atom stereocenters. The number of hydrogen-bond acceptors (Lipinski definition) is 2. The maximum atomic E-state index is 5.68. The van der Waals surface area contributed by atoms with Crippen LogP contribution in [0, 0.1) is 11.8 Å². The van der Waals surface area contributed by atoms with Gasteiger partial charge in [0.1, 0.15) is 0 Å². The molecule has 0 aliphatic carbocycles. The van der Waals surface area contributed by atoms with Crippen LogP contribution in [0.5, 0.6) is 0 Å². The summed E-state index contributed by atoms with van der Waals surface area (Å²) >= 11 is 0. The second-order valence-electron chi connectivity index (χ2n) is 6.85. The number of rotatable bonds is 14. The largest absolute Gasteiger partial charge is 0.271 e. The molecule has 0 rings (SSSR count). The fraction of sp³-hybridized carbons (Fsp3) is 1.00. The molecule has 0 saturated heterocycles. The third kappa shape index (κ3) is 10.7. The fourth-order valence-corrected chi connectivity index (χ4v) is 2.81. The van der Waals surface area contributed by atoms with Gasteiger partial charge in [-0.05, 0) is 18.3 Å². The summed E-state index contributed by atoms with van der Waals surface area (Å²) in [7, 11) is 0. The van der Waals surface area contributed by atoms with Crippen molar-refractivity contribution in [3.8, 4) is 0 Å². The quantitative estimate of drug-likeness (QED) is 0.254. The SMILES string of the molecule is CCCCCCCCCCCCC(NN)C(C)C(C)C. The fourth-order valence-electron chi connectivity index (χ4n) is 2.81. The van der Waals surface area contributed by atoms with Crippen molar-refractivity contribution in [2.24, 2.45) is 17.7 Å². The van der Waals surface area contributed by atoms with Gasteiger partial charge in [0.2, 0.25) is 0 Å². The monoisotopic (exact) mass is 284 g/mol. The molecule has 0 saturated carbocycles. The van der Waals surface area contributed by atoms with Crippen LogP contribution in [-0.4, -0.2) is 6.04 Å². The molecule has 0 aliphatic rings. The molecule has 0 bridgehead atoms. The van der Waals surface area contributed by atoms with Crippen molar-refractivity contribution in [3.63, 3.8) is 0 Å². The van der Waals surface area contributed by atoms with Crippen LogP contribution in [0.15, 0.2) is 0 Å². The van der Waals surface area contributed by atoms with Crippen LogP contribution in [0.3, 0.4) is 0 Å². The zero-order valence-corrected chi connectivity index (χ0v) is 14.6. The second-order valence-corrected chi connectivity index (χ2v) is 6.85. The lowest BCUT2D eigenvalue weighted by Crippen LogP contribution is -2.41. The van der Waals surface area contributed by atoms with Crippen molar-refractivity contribution in [2.45, 2.75) is 104 Å². The number of hydrazine groups is 1. The molecular formula is C18H40N2. The van der Waals surface area contributed by atoms with Crippen LogP contribution in [0.4, 0.5) is 0 Å². The molecule has 0 spiro atoms. The van der Waals surface area contributed by atoms with E-state index in [1.54, 1.807) is 0 Å². The van der Waals surface area contributed by atoms with Crippen molar-refractivity contribution >= 4 is 0 Å². The van der Waals surface area contributed by atoms with E-state index in [1.807, 2.05) is 0 Å². The van der Waals surface area contributed by atoms with E-state index in [-0.39, 0.29) is 0 Å². The van der Waals surface area contributed by atoms with Crippen LogP contribution >= 0.6 is 0 Å². The molecule has 122 valence electrons. The zero-order chi connectivity index (χ0) is 15.2. The lowest BCUT2D eigenvalue weighted by Gasteiger charge is -2.26. The maximum Gasteiger partial charge on any atom is 0.0238 e. The van der Waals surface area contributed by atoms with Crippen LogP contribution < -0.4 is 11.3 Å². The van der Waals surface area contributed by atoms with E-state index in [2.05, 4.69) is 33.1 Å². The van der Waals surface area contributed by atoms with E-state index >= 15 is 0 Å². The van der Waals surface area contributed by atoms with Crippen molar-refractivity contribution in [3.05, 3.63) is 0 Å². The van der Waals surface area contributed by atoms with Crippen molar-refractivity contribution in [2.75, 3.05) is 0 Å². The summed E-state index contributed by atoms with van der Waals surface area (Å²) in [5.41, 5.74) is 3.01. The predicted octanol–water partition coefficient (Wildman–Crippen LogP) is 5.42. The normalized spacial score (nSPS) is 14.7.